The standard InChI is InChI=1S/C16H18N2O3S2/c1-20-13-4-2-12(3-5-13)10-14-15(19)18(16(22)23-14)11-17-6-8-21-9-7-17/h2-5,10H,6-9,11H2,1H3/b14-10+. The van der Waals surface area contributed by atoms with Crippen molar-refractivity contribution >= 4 is 40.3 Å². The summed E-state index contributed by atoms with van der Waals surface area (Å²) in [4.78, 5) is 17.1. The van der Waals surface area contributed by atoms with E-state index in [9.17, 15) is 4.79 Å². The molecule has 0 bridgehead atoms. The maximum atomic E-state index is 12.6. The lowest BCUT2D eigenvalue weighted by Gasteiger charge is -2.29. The van der Waals surface area contributed by atoms with Gasteiger partial charge in [-0.3, -0.25) is 14.6 Å². The van der Waals surface area contributed by atoms with Gasteiger partial charge in [0.2, 0.25) is 0 Å². The van der Waals surface area contributed by atoms with Crippen LogP contribution in [0.5, 0.6) is 5.75 Å². The summed E-state index contributed by atoms with van der Waals surface area (Å²) in [5, 5.41) is 0. The number of nitrogens with zero attached hydrogens (tertiary/aromatic N) is 2. The van der Waals surface area contributed by atoms with Gasteiger partial charge >= 0.3 is 0 Å². The van der Waals surface area contributed by atoms with Crippen LogP contribution in [0.1, 0.15) is 5.56 Å². The molecule has 0 N–H and O–H groups in total. The maximum Gasteiger partial charge on any atom is 0.267 e. The van der Waals surface area contributed by atoms with Crippen molar-refractivity contribution in [3.05, 3.63) is 34.7 Å². The first-order chi connectivity index (χ1) is 11.2. The second kappa shape index (κ2) is 7.44. The molecule has 0 unspecified atom stereocenters. The Labute approximate surface area is 145 Å². The molecule has 0 aromatic heterocycles. The zero-order valence-corrected chi connectivity index (χ0v) is 14.5. The average molecular weight is 350 g/mol. The van der Waals surface area contributed by atoms with Crippen LogP contribution in [-0.2, 0) is 9.53 Å². The van der Waals surface area contributed by atoms with Crippen LogP contribution in [-0.4, -0.2) is 60.1 Å². The summed E-state index contributed by atoms with van der Waals surface area (Å²) in [5.74, 6) is 0.768. The van der Waals surface area contributed by atoms with E-state index in [1.165, 1.54) is 11.8 Å². The minimum absolute atomic E-state index is 0.0256. The molecule has 7 heteroatoms. The van der Waals surface area contributed by atoms with Crippen LogP contribution in [0.3, 0.4) is 0 Å². The topological polar surface area (TPSA) is 42.0 Å². The third-order valence-corrected chi connectivity index (χ3v) is 5.11. The van der Waals surface area contributed by atoms with Crippen molar-refractivity contribution in [2.75, 3.05) is 40.1 Å². The first-order valence-corrected chi connectivity index (χ1v) is 8.59. The molecule has 122 valence electrons. The summed E-state index contributed by atoms with van der Waals surface area (Å²) < 4.78 is 11.1. The third-order valence-electron chi connectivity index (χ3n) is 3.73. The largest absolute Gasteiger partial charge is 0.497 e. The Bertz CT molecular complexity index is 625. The van der Waals surface area contributed by atoms with E-state index in [4.69, 9.17) is 21.7 Å². The van der Waals surface area contributed by atoms with Crippen molar-refractivity contribution in [2.24, 2.45) is 0 Å². The molecule has 1 aromatic rings. The van der Waals surface area contributed by atoms with Gasteiger partial charge in [0, 0.05) is 13.1 Å². The number of benzene rings is 1. The molecule has 2 saturated heterocycles. The molecule has 3 rings (SSSR count). The number of ether oxygens (including phenoxy) is 2. The molecule has 0 atom stereocenters. The molecule has 2 heterocycles. The van der Waals surface area contributed by atoms with Gasteiger partial charge in [0.15, 0.2) is 0 Å². The first-order valence-electron chi connectivity index (χ1n) is 7.37. The van der Waals surface area contributed by atoms with Crippen LogP contribution in [0.15, 0.2) is 29.2 Å². The number of carbonyl (C=O) groups is 1. The summed E-state index contributed by atoms with van der Waals surface area (Å²) in [6.07, 6.45) is 1.87. The Hall–Kier alpha value is -1.41. The van der Waals surface area contributed by atoms with E-state index in [1.54, 1.807) is 12.0 Å². The Balaban J connectivity index is 1.70. The lowest BCUT2D eigenvalue weighted by atomic mass is 10.2. The normalized spacial score (nSPS) is 21.3. The highest BCUT2D eigenvalue weighted by Crippen LogP contribution is 2.32. The monoisotopic (exact) mass is 350 g/mol. The van der Waals surface area contributed by atoms with E-state index in [0.29, 0.717) is 29.1 Å². The molecule has 23 heavy (non-hydrogen) atoms. The highest BCUT2D eigenvalue weighted by atomic mass is 32.2. The van der Waals surface area contributed by atoms with E-state index in [1.807, 2.05) is 30.3 Å². The van der Waals surface area contributed by atoms with Gasteiger partial charge < -0.3 is 9.47 Å². The molecule has 0 aliphatic carbocycles. The van der Waals surface area contributed by atoms with Crippen LogP contribution in [0, 0.1) is 0 Å². The van der Waals surface area contributed by atoms with Crippen molar-refractivity contribution < 1.29 is 14.3 Å². The molecule has 2 fully saturated rings. The molecule has 0 radical (unpaired) electrons. The van der Waals surface area contributed by atoms with Crippen molar-refractivity contribution in [2.45, 2.75) is 0 Å². The van der Waals surface area contributed by atoms with Gasteiger partial charge in [0.05, 0.1) is 31.9 Å². The van der Waals surface area contributed by atoms with Crippen LogP contribution in [0.4, 0.5) is 0 Å². The van der Waals surface area contributed by atoms with Gasteiger partial charge in [0.1, 0.15) is 10.1 Å². The fourth-order valence-corrected chi connectivity index (χ4v) is 3.66. The number of amides is 1. The Morgan fingerprint density at radius 1 is 1.30 bits per heavy atom. The number of rotatable bonds is 4. The predicted molar refractivity (Wildman–Crippen MR) is 95.3 cm³/mol. The second-order valence-electron chi connectivity index (χ2n) is 5.25. The molecular formula is C16H18N2O3S2. The van der Waals surface area contributed by atoms with E-state index in [2.05, 4.69) is 4.90 Å². The average Bonchev–Trinajstić information content (AvgIpc) is 2.84. The summed E-state index contributed by atoms with van der Waals surface area (Å²) in [6.45, 7) is 3.60. The number of morpholine rings is 1. The molecule has 1 aromatic carbocycles. The summed E-state index contributed by atoms with van der Waals surface area (Å²) in [6, 6.07) is 7.60. The van der Waals surface area contributed by atoms with Gasteiger partial charge in [-0.2, -0.15) is 0 Å². The van der Waals surface area contributed by atoms with Gasteiger partial charge in [-0.05, 0) is 23.8 Å². The van der Waals surface area contributed by atoms with E-state index < -0.39 is 0 Å². The molecular weight excluding hydrogens is 332 g/mol. The Morgan fingerprint density at radius 2 is 2.00 bits per heavy atom. The summed E-state index contributed by atoms with van der Waals surface area (Å²) >= 11 is 6.72. The van der Waals surface area contributed by atoms with Gasteiger partial charge in [0.25, 0.3) is 5.91 Å². The number of thioether (sulfide) groups is 1. The molecule has 0 spiro atoms. The second-order valence-corrected chi connectivity index (χ2v) is 6.93. The number of hydrogen-bond acceptors (Lipinski definition) is 6. The number of methoxy groups -OCH3 is 1. The van der Waals surface area contributed by atoms with E-state index >= 15 is 0 Å². The lowest BCUT2D eigenvalue weighted by Crippen LogP contribution is -2.45. The van der Waals surface area contributed by atoms with Crippen LogP contribution in [0.2, 0.25) is 0 Å². The van der Waals surface area contributed by atoms with Gasteiger partial charge in [-0.25, -0.2) is 0 Å². The van der Waals surface area contributed by atoms with Crippen molar-refractivity contribution in [3.8, 4) is 5.75 Å². The highest BCUT2D eigenvalue weighted by Gasteiger charge is 2.33. The quantitative estimate of drug-likeness (QED) is 0.613. The van der Waals surface area contributed by atoms with Crippen molar-refractivity contribution in [1.29, 1.82) is 0 Å². The maximum absolute atomic E-state index is 12.6. The molecule has 0 saturated carbocycles. The Kier molecular flexibility index (Phi) is 5.32. The zero-order valence-electron chi connectivity index (χ0n) is 12.9. The third kappa shape index (κ3) is 3.92. The summed E-state index contributed by atoms with van der Waals surface area (Å²) in [7, 11) is 1.63. The SMILES string of the molecule is COc1ccc(/C=C2/SC(=S)N(CN3CCOCC3)C2=O)cc1. The van der Waals surface area contributed by atoms with Crippen LogP contribution >= 0.6 is 24.0 Å². The van der Waals surface area contributed by atoms with Crippen molar-refractivity contribution in [1.82, 2.24) is 9.80 Å². The van der Waals surface area contributed by atoms with E-state index in [-0.39, 0.29) is 5.91 Å². The number of hydrogen-bond donors (Lipinski definition) is 0. The first kappa shape index (κ1) is 16.4. The van der Waals surface area contributed by atoms with Gasteiger partial charge in [-0.1, -0.05) is 36.1 Å². The van der Waals surface area contributed by atoms with Crippen LogP contribution < -0.4 is 4.74 Å². The Morgan fingerprint density at radius 3 is 2.65 bits per heavy atom. The summed E-state index contributed by atoms with van der Waals surface area (Å²) in [5.41, 5.74) is 0.956. The molecule has 5 nitrogen and oxygen atoms in total. The zero-order chi connectivity index (χ0) is 16.2. The van der Waals surface area contributed by atoms with Crippen molar-refractivity contribution in [3.63, 3.8) is 0 Å². The lowest BCUT2D eigenvalue weighted by molar-refractivity contribution is -0.124. The molecule has 2 aliphatic heterocycles. The fraction of sp³-hybridized carbons (Fsp3) is 0.375. The number of carbonyl (C=O) groups excluding carboxylic acids is 1. The minimum Gasteiger partial charge on any atom is -0.497 e. The molecule has 1 amide bonds. The van der Waals surface area contributed by atoms with E-state index in [0.717, 1.165) is 24.4 Å². The minimum atomic E-state index is -0.0256. The fourth-order valence-electron chi connectivity index (χ4n) is 2.42. The number of thiocarbonyl (C=S) groups is 1. The smallest absolute Gasteiger partial charge is 0.267 e. The highest BCUT2D eigenvalue weighted by molar-refractivity contribution is 8.26. The predicted octanol–water partition coefficient (Wildman–Crippen LogP) is 2.19. The van der Waals surface area contributed by atoms with Crippen LogP contribution in [0.25, 0.3) is 6.08 Å². The molecule has 2 aliphatic rings. The van der Waals surface area contributed by atoms with Gasteiger partial charge in [-0.15, -0.1) is 0 Å².